The number of ketones is 1. The van der Waals surface area contributed by atoms with Gasteiger partial charge in [0.05, 0.1) is 19.8 Å². The van der Waals surface area contributed by atoms with Gasteiger partial charge in [0.25, 0.3) is 0 Å². The van der Waals surface area contributed by atoms with Gasteiger partial charge in [-0.05, 0) is 54.5 Å². The van der Waals surface area contributed by atoms with Gasteiger partial charge in [-0.15, -0.1) is 0 Å². The molecule has 33 heavy (non-hydrogen) atoms. The van der Waals surface area contributed by atoms with E-state index in [1.165, 1.54) is 5.56 Å². The minimum atomic E-state index is -0.112. The van der Waals surface area contributed by atoms with Crippen molar-refractivity contribution in [3.63, 3.8) is 0 Å². The molecule has 168 valence electrons. The van der Waals surface area contributed by atoms with Gasteiger partial charge in [0.1, 0.15) is 29.7 Å². The zero-order valence-electron chi connectivity index (χ0n) is 18.9. The number of allylic oxidation sites excluding steroid dienone is 1. The summed E-state index contributed by atoms with van der Waals surface area (Å²) in [6.07, 6.45) is 1.76. The van der Waals surface area contributed by atoms with Crippen LogP contribution in [0.15, 0.2) is 60.4 Å². The monoisotopic (exact) mass is 443 g/mol. The second kappa shape index (κ2) is 8.64. The third-order valence-corrected chi connectivity index (χ3v) is 5.98. The summed E-state index contributed by atoms with van der Waals surface area (Å²) >= 11 is 0. The molecule has 0 fully saturated rings. The summed E-state index contributed by atoms with van der Waals surface area (Å²) in [4.78, 5) is 15.3. The van der Waals surface area contributed by atoms with Crippen molar-refractivity contribution in [2.75, 3.05) is 21.0 Å². The highest BCUT2D eigenvalue weighted by molar-refractivity contribution is 6.15. The summed E-state index contributed by atoms with van der Waals surface area (Å²) in [6, 6.07) is 17.4. The van der Waals surface area contributed by atoms with Crippen LogP contribution in [-0.2, 0) is 13.1 Å². The molecule has 0 saturated carbocycles. The van der Waals surface area contributed by atoms with E-state index < -0.39 is 0 Å². The van der Waals surface area contributed by atoms with E-state index in [1.807, 2.05) is 49.4 Å². The van der Waals surface area contributed by atoms with Crippen LogP contribution in [0.5, 0.6) is 23.0 Å². The van der Waals surface area contributed by atoms with E-state index in [9.17, 15) is 4.79 Å². The van der Waals surface area contributed by atoms with E-state index in [2.05, 4.69) is 17.0 Å². The number of fused-ring (bicyclic) bond motifs is 2. The van der Waals surface area contributed by atoms with Crippen LogP contribution in [0.3, 0.4) is 0 Å². The maximum atomic E-state index is 13.1. The lowest BCUT2D eigenvalue weighted by Crippen LogP contribution is -2.32. The van der Waals surface area contributed by atoms with E-state index >= 15 is 0 Å². The Morgan fingerprint density at radius 1 is 0.970 bits per heavy atom. The summed E-state index contributed by atoms with van der Waals surface area (Å²) in [5.74, 6) is 3.19. The van der Waals surface area contributed by atoms with Gasteiger partial charge in [-0.3, -0.25) is 9.69 Å². The largest absolute Gasteiger partial charge is 0.497 e. The third kappa shape index (κ3) is 4.05. The Morgan fingerprint density at radius 2 is 1.64 bits per heavy atom. The third-order valence-electron chi connectivity index (χ3n) is 5.98. The first kappa shape index (κ1) is 21.1. The van der Waals surface area contributed by atoms with Crippen LogP contribution in [0.25, 0.3) is 6.08 Å². The normalized spacial score (nSPS) is 16.1. The average Bonchev–Trinajstić information content (AvgIpc) is 3.15. The fourth-order valence-corrected chi connectivity index (χ4v) is 4.24. The molecular formula is C27H25NO5. The van der Waals surface area contributed by atoms with E-state index in [4.69, 9.17) is 18.9 Å². The average molecular weight is 443 g/mol. The molecule has 2 aliphatic heterocycles. The Morgan fingerprint density at radius 3 is 2.30 bits per heavy atom. The summed E-state index contributed by atoms with van der Waals surface area (Å²) in [7, 11) is 3.28. The molecule has 6 heteroatoms. The fourth-order valence-electron chi connectivity index (χ4n) is 4.24. The molecular weight excluding hydrogens is 418 g/mol. The van der Waals surface area contributed by atoms with Crippen LogP contribution in [0.4, 0.5) is 0 Å². The number of carbonyl (C=O) groups excluding carboxylic acids is 1. The number of hydrogen-bond donors (Lipinski definition) is 0. The number of hydrogen-bond acceptors (Lipinski definition) is 6. The van der Waals surface area contributed by atoms with Crippen molar-refractivity contribution in [1.82, 2.24) is 4.90 Å². The molecule has 0 amide bonds. The van der Waals surface area contributed by atoms with Crippen LogP contribution in [0.2, 0.25) is 0 Å². The van der Waals surface area contributed by atoms with Crippen molar-refractivity contribution in [3.8, 4) is 23.0 Å². The molecule has 0 N–H and O–H groups in total. The first-order chi connectivity index (χ1) is 16.1. The molecule has 0 atom stereocenters. The second-order valence-electron chi connectivity index (χ2n) is 8.19. The lowest BCUT2D eigenvalue weighted by Gasteiger charge is -2.30. The Kier molecular flexibility index (Phi) is 5.52. The number of methoxy groups -OCH3 is 2. The summed E-state index contributed by atoms with van der Waals surface area (Å²) in [5, 5.41) is 0. The van der Waals surface area contributed by atoms with Gasteiger partial charge < -0.3 is 18.9 Å². The molecule has 5 rings (SSSR count). The van der Waals surface area contributed by atoms with Gasteiger partial charge in [0.15, 0.2) is 5.76 Å². The van der Waals surface area contributed by atoms with E-state index in [0.29, 0.717) is 30.3 Å². The van der Waals surface area contributed by atoms with Crippen LogP contribution in [0.1, 0.15) is 32.6 Å². The van der Waals surface area contributed by atoms with Crippen molar-refractivity contribution >= 4 is 11.9 Å². The van der Waals surface area contributed by atoms with Gasteiger partial charge in [-0.2, -0.15) is 0 Å². The van der Waals surface area contributed by atoms with Crippen molar-refractivity contribution < 1.29 is 23.7 Å². The number of rotatable bonds is 5. The zero-order valence-corrected chi connectivity index (χ0v) is 18.9. The highest BCUT2D eigenvalue weighted by atomic mass is 16.5. The Bertz CT molecular complexity index is 1230. The maximum absolute atomic E-state index is 13.1. The van der Waals surface area contributed by atoms with Crippen molar-refractivity contribution in [2.24, 2.45) is 0 Å². The van der Waals surface area contributed by atoms with Crippen LogP contribution in [0, 0.1) is 6.92 Å². The first-order valence-electron chi connectivity index (χ1n) is 10.8. The SMILES string of the molecule is COc1ccc(/C=C2\Oc3c(cc4c(c3C)OCN(Cc3ccc(OC)cc3)C4)C2=O)cc1. The smallest absolute Gasteiger partial charge is 0.231 e. The molecule has 0 aliphatic carbocycles. The van der Waals surface area contributed by atoms with E-state index in [-0.39, 0.29) is 5.78 Å². The lowest BCUT2D eigenvalue weighted by molar-refractivity contribution is 0.0876. The molecule has 3 aromatic rings. The van der Waals surface area contributed by atoms with Gasteiger partial charge in [0.2, 0.25) is 5.78 Å². The zero-order chi connectivity index (χ0) is 22.9. The lowest BCUT2D eigenvalue weighted by atomic mass is 10.00. The number of ether oxygens (including phenoxy) is 4. The Balaban J connectivity index is 1.37. The Labute approximate surface area is 193 Å². The maximum Gasteiger partial charge on any atom is 0.231 e. The number of carbonyl (C=O) groups is 1. The van der Waals surface area contributed by atoms with Gasteiger partial charge in [0, 0.05) is 24.2 Å². The van der Waals surface area contributed by atoms with E-state index in [0.717, 1.165) is 40.5 Å². The van der Waals surface area contributed by atoms with Crippen molar-refractivity contribution in [3.05, 3.63) is 88.2 Å². The number of nitrogens with zero attached hydrogens (tertiary/aromatic N) is 1. The molecule has 0 saturated heterocycles. The van der Waals surface area contributed by atoms with Crippen LogP contribution < -0.4 is 18.9 Å². The minimum Gasteiger partial charge on any atom is -0.497 e. The van der Waals surface area contributed by atoms with Gasteiger partial charge in [-0.25, -0.2) is 0 Å². The van der Waals surface area contributed by atoms with Crippen molar-refractivity contribution in [1.29, 1.82) is 0 Å². The summed E-state index contributed by atoms with van der Waals surface area (Å²) < 4.78 is 22.5. The number of Topliss-reactive ketones (excluding diaryl/α,β-unsaturated/α-hetero) is 1. The number of benzene rings is 3. The fraction of sp³-hybridized carbons (Fsp3) is 0.222. The molecule has 0 unspecified atom stereocenters. The van der Waals surface area contributed by atoms with E-state index in [1.54, 1.807) is 20.3 Å². The molecule has 0 bridgehead atoms. The Hall–Kier alpha value is -3.77. The van der Waals surface area contributed by atoms with Crippen LogP contribution >= 0.6 is 0 Å². The quantitative estimate of drug-likeness (QED) is 0.519. The minimum absolute atomic E-state index is 0.112. The molecule has 3 aromatic carbocycles. The molecule has 0 radical (unpaired) electrons. The molecule has 0 aromatic heterocycles. The van der Waals surface area contributed by atoms with Crippen LogP contribution in [-0.4, -0.2) is 31.6 Å². The predicted octanol–water partition coefficient (Wildman–Crippen LogP) is 4.98. The molecule has 2 heterocycles. The van der Waals surface area contributed by atoms with Gasteiger partial charge >= 0.3 is 0 Å². The summed E-state index contributed by atoms with van der Waals surface area (Å²) in [5.41, 5.74) is 4.48. The van der Waals surface area contributed by atoms with Crippen molar-refractivity contribution in [2.45, 2.75) is 20.0 Å². The highest BCUT2D eigenvalue weighted by Crippen LogP contribution is 2.43. The molecule has 2 aliphatic rings. The topological polar surface area (TPSA) is 57.2 Å². The predicted molar refractivity (Wildman–Crippen MR) is 125 cm³/mol. The molecule has 6 nitrogen and oxygen atoms in total. The van der Waals surface area contributed by atoms with Gasteiger partial charge in [-0.1, -0.05) is 24.3 Å². The summed E-state index contributed by atoms with van der Waals surface area (Å²) in [6.45, 7) is 3.86. The highest BCUT2D eigenvalue weighted by Gasteiger charge is 2.33. The first-order valence-corrected chi connectivity index (χ1v) is 10.8. The second-order valence-corrected chi connectivity index (χ2v) is 8.19. The standard InChI is InChI=1S/C27H25NO5/c1-17-26-20(15-28(16-32-26)14-19-6-10-22(31-3)11-7-19)13-23-25(29)24(33-27(17)23)12-18-4-8-21(30-2)9-5-18/h4-13H,14-16H2,1-3H3/b24-12-. The molecule has 0 spiro atoms.